The summed E-state index contributed by atoms with van der Waals surface area (Å²) in [6, 6.07) is 0. The van der Waals surface area contributed by atoms with E-state index in [1.54, 1.807) is 0 Å². The second kappa shape index (κ2) is 6.18. The Labute approximate surface area is 109 Å². The molecule has 1 amide bonds. The number of ketones is 1. The fourth-order valence-electron chi connectivity index (χ4n) is 2.02. The van der Waals surface area contributed by atoms with Crippen LogP contribution >= 0.6 is 0 Å². The third-order valence-electron chi connectivity index (χ3n) is 2.96. The maximum absolute atomic E-state index is 11.9. The first kappa shape index (κ1) is 15.0. The number of nitrogens with zero attached hydrogens (tertiary/aromatic N) is 1. The molecule has 0 spiro atoms. The normalized spacial score (nSPS) is 21.0. The van der Waals surface area contributed by atoms with Crippen LogP contribution in [0.1, 0.15) is 40.0 Å². The second-order valence-corrected chi connectivity index (χ2v) is 5.78. The number of amides is 1. The van der Waals surface area contributed by atoms with E-state index in [0.29, 0.717) is 13.1 Å². The van der Waals surface area contributed by atoms with Gasteiger partial charge in [0.15, 0.2) is 5.78 Å². The molecule has 0 aromatic heterocycles. The van der Waals surface area contributed by atoms with E-state index >= 15 is 0 Å². The molecule has 1 aliphatic rings. The fraction of sp³-hybridized carbons (Fsp3) is 0.846. The van der Waals surface area contributed by atoms with Gasteiger partial charge in [-0.1, -0.05) is 0 Å². The number of nitrogens with two attached hydrogens (primary N) is 1. The van der Waals surface area contributed by atoms with Gasteiger partial charge in [-0.05, 0) is 46.6 Å². The Kier molecular flexibility index (Phi) is 5.14. The SMILES string of the molecule is CC(C)(C)OC(=O)N1CCC(CCCN)C(=O)C1. The Morgan fingerprint density at radius 2 is 2.17 bits per heavy atom. The molecule has 2 N–H and O–H groups in total. The van der Waals surface area contributed by atoms with Crippen molar-refractivity contribution in [3.8, 4) is 0 Å². The number of rotatable bonds is 3. The number of ether oxygens (including phenoxy) is 1. The van der Waals surface area contributed by atoms with Gasteiger partial charge in [-0.3, -0.25) is 4.79 Å². The lowest BCUT2D eigenvalue weighted by atomic mass is 9.91. The minimum Gasteiger partial charge on any atom is -0.444 e. The lowest BCUT2D eigenvalue weighted by molar-refractivity contribution is -0.127. The Bertz CT molecular complexity index is 310. The monoisotopic (exact) mass is 256 g/mol. The van der Waals surface area contributed by atoms with Crippen molar-refractivity contribution in [2.75, 3.05) is 19.6 Å². The van der Waals surface area contributed by atoms with Gasteiger partial charge in [-0.25, -0.2) is 4.79 Å². The standard InChI is InChI=1S/C13H24N2O3/c1-13(2,3)18-12(17)15-8-6-10(5-4-7-14)11(16)9-15/h10H,4-9,14H2,1-3H3. The van der Waals surface area contributed by atoms with Gasteiger partial charge in [0.1, 0.15) is 5.60 Å². The third-order valence-corrected chi connectivity index (χ3v) is 2.96. The van der Waals surface area contributed by atoms with Crippen molar-refractivity contribution in [2.45, 2.75) is 45.6 Å². The molecule has 5 nitrogen and oxygen atoms in total. The zero-order valence-electron chi connectivity index (χ0n) is 11.6. The molecule has 0 saturated carbocycles. The zero-order chi connectivity index (χ0) is 13.8. The first-order valence-corrected chi connectivity index (χ1v) is 6.54. The molecule has 1 aliphatic heterocycles. The van der Waals surface area contributed by atoms with Crippen molar-refractivity contribution in [3.05, 3.63) is 0 Å². The third kappa shape index (κ3) is 4.64. The molecule has 1 saturated heterocycles. The number of carbonyl (C=O) groups is 2. The molecule has 1 heterocycles. The molecule has 0 aromatic carbocycles. The van der Waals surface area contributed by atoms with Crippen molar-refractivity contribution in [1.82, 2.24) is 4.90 Å². The van der Waals surface area contributed by atoms with Crippen LogP contribution in [0.2, 0.25) is 0 Å². The van der Waals surface area contributed by atoms with Gasteiger partial charge in [0.05, 0.1) is 6.54 Å². The maximum atomic E-state index is 11.9. The quantitative estimate of drug-likeness (QED) is 0.831. The number of piperidine rings is 1. The van der Waals surface area contributed by atoms with Crippen molar-refractivity contribution < 1.29 is 14.3 Å². The molecule has 0 radical (unpaired) electrons. The molecule has 104 valence electrons. The van der Waals surface area contributed by atoms with Crippen LogP contribution in [-0.4, -0.2) is 42.0 Å². The van der Waals surface area contributed by atoms with Crippen LogP contribution in [0, 0.1) is 5.92 Å². The van der Waals surface area contributed by atoms with Crippen molar-refractivity contribution >= 4 is 11.9 Å². The van der Waals surface area contributed by atoms with Crippen LogP contribution in [0.3, 0.4) is 0 Å². The van der Waals surface area contributed by atoms with E-state index < -0.39 is 11.7 Å². The Morgan fingerprint density at radius 1 is 1.50 bits per heavy atom. The summed E-state index contributed by atoms with van der Waals surface area (Å²) in [5.41, 5.74) is 4.92. The van der Waals surface area contributed by atoms with Crippen molar-refractivity contribution in [2.24, 2.45) is 11.7 Å². The van der Waals surface area contributed by atoms with E-state index in [2.05, 4.69) is 0 Å². The molecular formula is C13H24N2O3. The molecule has 1 fully saturated rings. The number of Topliss-reactive ketones (excluding diaryl/α,β-unsaturated/α-hetero) is 1. The van der Waals surface area contributed by atoms with Crippen molar-refractivity contribution in [3.63, 3.8) is 0 Å². The lowest BCUT2D eigenvalue weighted by Crippen LogP contribution is -2.46. The van der Waals surface area contributed by atoms with Crippen molar-refractivity contribution in [1.29, 1.82) is 0 Å². The lowest BCUT2D eigenvalue weighted by Gasteiger charge is -2.32. The average Bonchev–Trinajstić information content (AvgIpc) is 2.25. The van der Waals surface area contributed by atoms with E-state index in [4.69, 9.17) is 10.5 Å². The van der Waals surface area contributed by atoms with E-state index in [0.717, 1.165) is 19.3 Å². The van der Waals surface area contributed by atoms with Gasteiger partial charge in [0, 0.05) is 12.5 Å². The summed E-state index contributed by atoms with van der Waals surface area (Å²) in [6.45, 7) is 6.84. The van der Waals surface area contributed by atoms with Crippen LogP contribution < -0.4 is 5.73 Å². The smallest absolute Gasteiger partial charge is 0.410 e. The van der Waals surface area contributed by atoms with Crippen LogP contribution in [0.25, 0.3) is 0 Å². The molecule has 5 heteroatoms. The number of likely N-dealkylation sites (tertiary alicyclic amines) is 1. The molecular weight excluding hydrogens is 232 g/mol. The number of carbonyl (C=O) groups excluding carboxylic acids is 2. The fourth-order valence-corrected chi connectivity index (χ4v) is 2.02. The van der Waals surface area contributed by atoms with Crippen LogP contribution in [0.15, 0.2) is 0 Å². The molecule has 18 heavy (non-hydrogen) atoms. The van der Waals surface area contributed by atoms with Gasteiger partial charge >= 0.3 is 6.09 Å². The van der Waals surface area contributed by atoms with E-state index in [1.807, 2.05) is 20.8 Å². The summed E-state index contributed by atoms with van der Waals surface area (Å²) >= 11 is 0. The second-order valence-electron chi connectivity index (χ2n) is 5.78. The van der Waals surface area contributed by atoms with E-state index in [9.17, 15) is 9.59 Å². The van der Waals surface area contributed by atoms with Gasteiger partial charge in [-0.15, -0.1) is 0 Å². The van der Waals surface area contributed by atoms with Gasteiger partial charge in [-0.2, -0.15) is 0 Å². The zero-order valence-corrected chi connectivity index (χ0v) is 11.6. The first-order valence-electron chi connectivity index (χ1n) is 6.54. The molecule has 0 bridgehead atoms. The topological polar surface area (TPSA) is 72.6 Å². The molecule has 1 unspecified atom stereocenters. The summed E-state index contributed by atoms with van der Waals surface area (Å²) in [5.74, 6) is 0.188. The molecule has 0 aromatic rings. The largest absolute Gasteiger partial charge is 0.444 e. The van der Waals surface area contributed by atoms with Gasteiger partial charge in [0.2, 0.25) is 0 Å². The average molecular weight is 256 g/mol. The predicted molar refractivity (Wildman–Crippen MR) is 69.2 cm³/mol. The molecule has 1 atom stereocenters. The highest BCUT2D eigenvalue weighted by atomic mass is 16.6. The first-order chi connectivity index (χ1) is 8.33. The van der Waals surface area contributed by atoms with Crippen LogP contribution in [0.4, 0.5) is 4.79 Å². The predicted octanol–water partition coefficient (Wildman–Crippen LogP) is 1.55. The Balaban J connectivity index is 2.45. The summed E-state index contributed by atoms with van der Waals surface area (Å²) in [4.78, 5) is 25.2. The Hall–Kier alpha value is -1.10. The van der Waals surface area contributed by atoms with Gasteiger partial charge in [0.25, 0.3) is 0 Å². The number of hydrogen-bond donors (Lipinski definition) is 1. The summed E-state index contributed by atoms with van der Waals surface area (Å²) in [6.07, 6.45) is 2.02. The summed E-state index contributed by atoms with van der Waals surface area (Å²) < 4.78 is 5.26. The minimum atomic E-state index is -0.517. The summed E-state index contributed by atoms with van der Waals surface area (Å²) in [7, 11) is 0. The highest BCUT2D eigenvalue weighted by Gasteiger charge is 2.31. The number of hydrogen-bond acceptors (Lipinski definition) is 4. The maximum Gasteiger partial charge on any atom is 0.410 e. The highest BCUT2D eigenvalue weighted by Crippen LogP contribution is 2.20. The van der Waals surface area contributed by atoms with E-state index in [-0.39, 0.29) is 18.2 Å². The van der Waals surface area contributed by atoms with Crippen LogP contribution in [-0.2, 0) is 9.53 Å². The highest BCUT2D eigenvalue weighted by molar-refractivity contribution is 5.87. The summed E-state index contributed by atoms with van der Waals surface area (Å²) in [5, 5.41) is 0. The Morgan fingerprint density at radius 3 is 2.67 bits per heavy atom. The van der Waals surface area contributed by atoms with Crippen LogP contribution in [0.5, 0.6) is 0 Å². The van der Waals surface area contributed by atoms with Gasteiger partial charge < -0.3 is 15.4 Å². The molecule has 1 rings (SSSR count). The van der Waals surface area contributed by atoms with E-state index in [1.165, 1.54) is 4.90 Å². The minimum absolute atomic E-state index is 0.0623. The molecule has 0 aliphatic carbocycles.